The Morgan fingerprint density at radius 2 is 1.45 bits per heavy atom. The van der Waals surface area contributed by atoms with Crippen molar-refractivity contribution in [3.8, 4) is 0 Å². The van der Waals surface area contributed by atoms with Crippen LogP contribution in [0.4, 0.5) is 0 Å². The molecular formula is C18H38O4. The molecular weight excluding hydrogens is 280 g/mol. The summed E-state index contributed by atoms with van der Waals surface area (Å²) in [4.78, 5) is 0. The molecule has 0 radical (unpaired) electrons. The van der Waals surface area contributed by atoms with Gasteiger partial charge >= 0.3 is 0 Å². The molecule has 134 valence electrons. The summed E-state index contributed by atoms with van der Waals surface area (Å²) < 4.78 is 12.0. The zero-order valence-electron chi connectivity index (χ0n) is 15.5. The van der Waals surface area contributed by atoms with Crippen molar-refractivity contribution in [2.45, 2.75) is 117 Å². The highest BCUT2D eigenvalue weighted by atomic mass is 16.6. The highest BCUT2D eigenvalue weighted by molar-refractivity contribution is 4.85. The molecule has 2 N–H and O–H groups in total. The van der Waals surface area contributed by atoms with Crippen molar-refractivity contribution in [3.05, 3.63) is 0 Å². The maximum Gasteiger partial charge on any atom is 0.155 e. The molecule has 0 aromatic carbocycles. The standard InChI is InChI=1S/C18H38O4/c1-7-11-15(14(5)21-17(20)13-9-3)22-18(6,10-4)16(19)12-8-2/h14-17,19-20H,7-13H2,1-6H3/t14?,15-,16?,17?,18?/m1/s1. The number of hydrogen-bond acceptors (Lipinski definition) is 4. The molecule has 0 saturated carbocycles. The summed E-state index contributed by atoms with van der Waals surface area (Å²) in [6.45, 7) is 12.2. The maximum atomic E-state index is 10.4. The normalized spacial score (nSPS) is 20.2. The van der Waals surface area contributed by atoms with Gasteiger partial charge in [0.05, 0.1) is 23.9 Å². The van der Waals surface area contributed by atoms with Crippen LogP contribution in [0.3, 0.4) is 0 Å². The third kappa shape index (κ3) is 7.40. The summed E-state index contributed by atoms with van der Waals surface area (Å²) in [5.74, 6) is 0. The van der Waals surface area contributed by atoms with Crippen molar-refractivity contribution in [2.24, 2.45) is 0 Å². The fourth-order valence-electron chi connectivity index (χ4n) is 2.65. The second-order valence-electron chi connectivity index (χ2n) is 6.50. The molecule has 0 saturated heterocycles. The highest BCUT2D eigenvalue weighted by Crippen LogP contribution is 2.28. The summed E-state index contributed by atoms with van der Waals surface area (Å²) in [6.07, 6.45) is 4.23. The van der Waals surface area contributed by atoms with E-state index in [9.17, 15) is 10.2 Å². The van der Waals surface area contributed by atoms with Gasteiger partial charge in [-0.15, -0.1) is 0 Å². The molecule has 0 aliphatic carbocycles. The van der Waals surface area contributed by atoms with E-state index in [1.54, 1.807) is 0 Å². The SMILES string of the molecule is CCCC(O)OC(C)[C@@H](CCC)OC(C)(CC)C(O)CCC. The van der Waals surface area contributed by atoms with Gasteiger partial charge in [-0.3, -0.25) is 0 Å². The zero-order chi connectivity index (χ0) is 17.2. The van der Waals surface area contributed by atoms with E-state index >= 15 is 0 Å². The zero-order valence-corrected chi connectivity index (χ0v) is 15.5. The van der Waals surface area contributed by atoms with Crippen LogP contribution in [-0.2, 0) is 9.47 Å². The van der Waals surface area contributed by atoms with Crippen LogP contribution in [0.2, 0.25) is 0 Å². The number of rotatable bonds is 13. The van der Waals surface area contributed by atoms with E-state index in [0.29, 0.717) is 6.42 Å². The predicted molar refractivity (Wildman–Crippen MR) is 90.9 cm³/mol. The van der Waals surface area contributed by atoms with Gasteiger partial charge in [-0.2, -0.15) is 0 Å². The van der Waals surface area contributed by atoms with Gasteiger partial charge in [0.2, 0.25) is 0 Å². The Morgan fingerprint density at radius 3 is 1.91 bits per heavy atom. The van der Waals surface area contributed by atoms with Gasteiger partial charge < -0.3 is 19.7 Å². The molecule has 0 rings (SSSR count). The molecule has 4 heteroatoms. The van der Waals surface area contributed by atoms with Gasteiger partial charge in [-0.05, 0) is 39.5 Å². The van der Waals surface area contributed by atoms with Crippen LogP contribution in [-0.4, -0.2) is 40.4 Å². The first kappa shape index (κ1) is 21.8. The molecule has 0 bridgehead atoms. The van der Waals surface area contributed by atoms with Crippen molar-refractivity contribution >= 4 is 0 Å². The lowest BCUT2D eigenvalue weighted by Crippen LogP contribution is -2.47. The monoisotopic (exact) mass is 318 g/mol. The first-order valence-corrected chi connectivity index (χ1v) is 9.03. The highest BCUT2D eigenvalue weighted by Gasteiger charge is 2.36. The van der Waals surface area contributed by atoms with Crippen molar-refractivity contribution in [1.82, 2.24) is 0 Å². The van der Waals surface area contributed by atoms with Crippen LogP contribution >= 0.6 is 0 Å². The van der Waals surface area contributed by atoms with Gasteiger partial charge in [0.25, 0.3) is 0 Å². The molecule has 0 spiro atoms. The van der Waals surface area contributed by atoms with Crippen molar-refractivity contribution < 1.29 is 19.7 Å². The molecule has 0 heterocycles. The molecule has 0 amide bonds. The Kier molecular flexibility index (Phi) is 11.3. The second-order valence-corrected chi connectivity index (χ2v) is 6.50. The molecule has 0 aromatic heterocycles. The predicted octanol–water partition coefficient (Wildman–Crippen LogP) is 4.03. The number of aliphatic hydroxyl groups is 2. The topological polar surface area (TPSA) is 58.9 Å². The molecule has 0 fully saturated rings. The van der Waals surface area contributed by atoms with E-state index < -0.39 is 18.0 Å². The van der Waals surface area contributed by atoms with E-state index in [2.05, 4.69) is 13.8 Å². The third-order valence-corrected chi connectivity index (χ3v) is 4.39. The third-order valence-electron chi connectivity index (χ3n) is 4.39. The van der Waals surface area contributed by atoms with Gasteiger partial charge in [-0.1, -0.05) is 47.0 Å². The Hall–Kier alpha value is -0.160. The summed E-state index contributed by atoms with van der Waals surface area (Å²) in [5.41, 5.74) is -0.566. The lowest BCUT2D eigenvalue weighted by atomic mass is 9.91. The van der Waals surface area contributed by atoms with Crippen molar-refractivity contribution in [3.63, 3.8) is 0 Å². The fraction of sp³-hybridized carbons (Fsp3) is 1.00. The lowest BCUT2D eigenvalue weighted by molar-refractivity contribution is -0.215. The fourth-order valence-corrected chi connectivity index (χ4v) is 2.65. The minimum absolute atomic E-state index is 0.118. The Balaban J connectivity index is 4.84. The smallest absolute Gasteiger partial charge is 0.155 e. The number of aliphatic hydroxyl groups excluding tert-OH is 2. The number of ether oxygens (including phenoxy) is 2. The average molecular weight is 318 g/mol. The van der Waals surface area contributed by atoms with Gasteiger partial charge in [-0.25, -0.2) is 0 Å². The first-order chi connectivity index (χ1) is 10.3. The van der Waals surface area contributed by atoms with Crippen molar-refractivity contribution in [1.29, 1.82) is 0 Å². The van der Waals surface area contributed by atoms with Crippen LogP contribution < -0.4 is 0 Å². The van der Waals surface area contributed by atoms with E-state index in [1.165, 1.54) is 0 Å². The van der Waals surface area contributed by atoms with Crippen molar-refractivity contribution in [2.75, 3.05) is 0 Å². The average Bonchev–Trinajstić information content (AvgIpc) is 2.46. The van der Waals surface area contributed by atoms with Crippen LogP contribution in [0.5, 0.6) is 0 Å². The van der Waals surface area contributed by atoms with Crippen LogP contribution in [0.1, 0.15) is 86.5 Å². The van der Waals surface area contributed by atoms with E-state index in [-0.39, 0.29) is 12.2 Å². The lowest BCUT2D eigenvalue weighted by Gasteiger charge is -2.39. The van der Waals surface area contributed by atoms with Gasteiger partial charge in [0.15, 0.2) is 6.29 Å². The second kappa shape index (κ2) is 11.4. The molecule has 4 unspecified atom stereocenters. The summed E-state index contributed by atoms with van der Waals surface area (Å²) >= 11 is 0. The van der Waals surface area contributed by atoms with Crippen LogP contribution in [0.15, 0.2) is 0 Å². The summed E-state index contributed by atoms with van der Waals surface area (Å²) in [6, 6.07) is 0. The minimum atomic E-state index is -0.739. The number of hydrogen-bond donors (Lipinski definition) is 2. The minimum Gasteiger partial charge on any atom is -0.390 e. The van der Waals surface area contributed by atoms with Gasteiger partial charge in [0, 0.05) is 0 Å². The Labute approximate surface area is 137 Å². The summed E-state index contributed by atoms with van der Waals surface area (Å²) in [7, 11) is 0. The Morgan fingerprint density at radius 1 is 0.909 bits per heavy atom. The first-order valence-electron chi connectivity index (χ1n) is 9.03. The Bertz CT molecular complexity index is 272. The molecule has 4 nitrogen and oxygen atoms in total. The van der Waals surface area contributed by atoms with Crippen LogP contribution in [0.25, 0.3) is 0 Å². The molecule has 22 heavy (non-hydrogen) atoms. The molecule has 0 aromatic rings. The molecule has 0 aliphatic heterocycles. The quantitative estimate of drug-likeness (QED) is 0.503. The van der Waals surface area contributed by atoms with E-state index in [4.69, 9.17) is 9.47 Å². The maximum absolute atomic E-state index is 10.4. The van der Waals surface area contributed by atoms with Gasteiger partial charge in [0.1, 0.15) is 0 Å². The largest absolute Gasteiger partial charge is 0.390 e. The van der Waals surface area contributed by atoms with E-state index in [0.717, 1.165) is 38.5 Å². The molecule has 0 aliphatic rings. The molecule has 5 atom stereocenters. The summed E-state index contributed by atoms with van der Waals surface area (Å²) in [5, 5.41) is 20.3. The van der Waals surface area contributed by atoms with Crippen LogP contribution in [0, 0.1) is 0 Å². The van der Waals surface area contributed by atoms with E-state index in [1.807, 2.05) is 27.7 Å².